The predicted octanol–water partition coefficient (Wildman–Crippen LogP) is 3.27. The molecule has 0 spiro atoms. The van der Waals surface area contributed by atoms with Gasteiger partial charge in [-0.3, -0.25) is 4.98 Å². The molecule has 21 heavy (non-hydrogen) atoms. The number of aryl methyl sites for hydroxylation is 1. The van der Waals surface area contributed by atoms with Gasteiger partial charge in [-0.15, -0.1) is 0 Å². The van der Waals surface area contributed by atoms with Crippen LogP contribution in [0.25, 0.3) is 0 Å². The van der Waals surface area contributed by atoms with Crippen molar-refractivity contribution < 1.29 is 14.6 Å². The highest BCUT2D eigenvalue weighted by molar-refractivity contribution is 5.43. The third kappa shape index (κ3) is 3.73. The van der Waals surface area contributed by atoms with Crippen LogP contribution in [0.3, 0.4) is 0 Å². The number of hydrogen-bond donors (Lipinski definition) is 1. The van der Waals surface area contributed by atoms with Gasteiger partial charge in [-0.2, -0.15) is 0 Å². The highest BCUT2D eigenvalue weighted by Gasteiger charge is 2.16. The van der Waals surface area contributed by atoms with E-state index in [9.17, 15) is 5.11 Å². The van der Waals surface area contributed by atoms with Gasteiger partial charge in [0.15, 0.2) is 0 Å². The first-order valence-electron chi connectivity index (χ1n) is 7.06. The quantitative estimate of drug-likeness (QED) is 0.886. The molecule has 0 saturated heterocycles. The fourth-order valence-electron chi connectivity index (χ4n) is 2.11. The minimum atomic E-state index is -0.793. The number of aliphatic hydroxyl groups is 1. The van der Waals surface area contributed by atoms with E-state index in [1.54, 1.807) is 19.5 Å². The van der Waals surface area contributed by atoms with Gasteiger partial charge in [0.05, 0.1) is 19.9 Å². The molecule has 1 heterocycles. The van der Waals surface area contributed by atoms with Gasteiger partial charge in [0.2, 0.25) is 0 Å². The lowest BCUT2D eigenvalue weighted by Crippen LogP contribution is -2.04. The van der Waals surface area contributed by atoms with Crippen LogP contribution in [-0.4, -0.2) is 23.8 Å². The molecule has 1 unspecified atom stereocenters. The Morgan fingerprint density at radius 1 is 1.24 bits per heavy atom. The Hall–Kier alpha value is -2.07. The first kappa shape index (κ1) is 15.3. The number of ether oxygens (including phenoxy) is 2. The number of methoxy groups -OCH3 is 1. The maximum absolute atomic E-state index is 10.6. The van der Waals surface area contributed by atoms with E-state index >= 15 is 0 Å². The molecule has 0 saturated carbocycles. The monoisotopic (exact) mass is 287 g/mol. The lowest BCUT2D eigenvalue weighted by atomic mass is 10.0. The number of hydrogen-bond acceptors (Lipinski definition) is 4. The summed E-state index contributed by atoms with van der Waals surface area (Å²) < 4.78 is 10.9. The summed E-state index contributed by atoms with van der Waals surface area (Å²) in [4.78, 5) is 4.13. The molecule has 1 N–H and O–H groups in total. The summed E-state index contributed by atoms with van der Waals surface area (Å²) in [5.41, 5.74) is 2.49. The minimum absolute atomic E-state index is 0.634. The van der Waals surface area contributed by atoms with Gasteiger partial charge in [0.25, 0.3) is 0 Å². The van der Waals surface area contributed by atoms with Crippen LogP contribution in [-0.2, 0) is 0 Å². The van der Waals surface area contributed by atoms with E-state index < -0.39 is 6.10 Å². The molecule has 0 fully saturated rings. The van der Waals surface area contributed by atoms with Crippen LogP contribution in [0.4, 0.5) is 0 Å². The molecule has 1 atom stereocenters. The third-order valence-electron chi connectivity index (χ3n) is 3.21. The lowest BCUT2D eigenvalue weighted by Gasteiger charge is -2.16. The van der Waals surface area contributed by atoms with E-state index in [1.165, 1.54) is 0 Å². The maximum atomic E-state index is 10.6. The van der Waals surface area contributed by atoms with Crippen LogP contribution >= 0.6 is 0 Å². The molecule has 112 valence electrons. The van der Waals surface area contributed by atoms with Crippen LogP contribution in [0.2, 0.25) is 0 Å². The Labute approximate surface area is 125 Å². The second-order valence-electron chi connectivity index (χ2n) is 4.95. The van der Waals surface area contributed by atoms with E-state index in [0.717, 1.165) is 17.5 Å². The molecule has 1 aromatic heterocycles. The average molecular weight is 287 g/mol. The summed E-state index contributed by atoms with van der Waals surface area (Å²) in [5, 5.41) is 10.6. The molecule has 0 radical (unpaired) electrons. The topological polar surface area (TPSA) is 51.6 Å². The van der Waals surface area contributed by atoms with Crippen molar-refractivity contribution in [2.45, 2.75) is 26.4 Å². The highest BCUT2D eigenvalue weighted by atomic mass is 16.5. The number of aliphatic hydroxyl groups excluding tert-OH is 1. The Balaban J connectivity index is 2.29. The van der Waals surface area contributed by atoms with Crippen molar-refractivity contribution in [2.24, 2.45) is 0 Å². The zero-order valence-corrected chi connectivity index (χ0v) is 12.7. The summed E-state index contributed by atoms with van der Waals surface area (Å²) >= 11 is 0. The van der Waals surface area contributed by atoms with E-state index in [2.05, 4.69) is 4.98 Å². The van der Waals surface area contributed by atoms with Gasteiger partial charge in [0, 0.05) is 17.3 Å². The van der Waals surface area contributed by atoms with E-state index in [4.69, 9.17) is 9.47 Å². The van der Waals surface area contributed by atoms with Gasteiger partial charge in [0.1, 0.15) is 17.6 Å². The molecule has 0 aliphatic heterocycles. The molecule has 2 rings (SSSR count). The van der Waals surface area contributed by atoms with Crippen molar-refractivity contribution in [1.82, 2.24) is 4.98 Å². The Bertz CT molecular complexity index is 598. The Morgan fingerprint density at radius 2 is 2.05 bits per heavy atom. The van der Waals surface area contributed by atoms with Crippen LogP contribution in [0, 0.1) is 6.92 Å². The molecule has 4 nitrogen and oxygen atoms in total. The van der Waals surface area contributed by atoms with Crippen molar-refractivity contribution >= 4 is 0 Å². The molecule has 0 bridgehead atoms. The van der Waals surface area contributed by atoms with Crippen molar-refractivity contribution in [3.8, 4) is 11.5 Å². The maximum Gasteiger partial charge on any atom is 0.137 e. The summed E-state index contributed by atoms with van der Waals surface area (Å²) in [6.45, 7) is 4.66. The number of benzene rings is 1. The fraction of sp³-hybridized carbons (Fsp3) is 0.353. The van der Waals surface area contributed by atoms with Gasteiger partial charge < -0.3 is 14.6 Å². The van der Waals surface area contributed by atoms with Crippen molar-refractivity contribution in [3.05, 3.63) is 53.3 Å². The largest absolute Gasteiger partial charge is 0.496 e. The second kappa shape index (κ2) is 7.09. The first-order chi connectivity index (χ1) is 10.2. The molecule has 0 aliphatic rings. The van der Waals surface area contributed by atoms with E-state index in [-0.39, 0.29) is 0 Å². The highest BCUT2D eigenvalue weighted by Crippen LogP contribution is 2.31. The van der Waals surface area contributed by atoms with E-state index in [1.807, 2.05) is 38.1 Å². The smallest absolute Gasteiger partial charge is 0.137 e. The zero-order valence-electron chi connectivity index (χ0n) is 12.7. The van der Waals surface area contributed by atoms with Gasteiger partial charge >= 0.3 is 0 Å². The SMILES string of the molecule is CCCOc1cncc(C(O)c2ccc(C)cc2OC)c1. The number of rotatable bonds is 6. The fourth-order valence-corrected chi connectivity index (χ4v) is 2.11. The summed E-state index contributed by atoms with van der Waals surface area (Å²) in [6, 6.07) is 7.54. The summed E-state index contributed by atoms with van der Waals surface area (Å²) in [7, 11) is 1.60. The molecule has 1 aromatic carbocycles. The van der Waals surface area contributed by atoms with Crippen LogP contribution < -0.4 is 9.47 Å². The number of pyridine rings is 1. The second-order valence-corrected chi connectivity index (χ2v) is 4.95. The van der Waals surface area contributed by atoms with Gasteiger partial charge in [-0.1, -0.05) is 19.1 Å². The third-order valence-corrected chi connectivity index (χ3v) is 3.21. The summed E-state index contributed by atoms with van der Waals surface area (Å²) in [5.74, 6) is 1.34. The zero-order chi connectivity index (χ0) is 15.2. The molecular formula is C17H21NO3. The van der Waals surface area contributed by atoms with Gasteiger partial charge in [-0.05, 0) is 31.0 Å². The molecule has 2 aromatic rings. The van der Waals surface area contributed by atoms with Crippen LogP contribution in [0.15, 0.2) is 36.7 Å². The van der Waals surface area contributed by atoms with Crippen LogP contribution in [0.5, 0.6) is 11.5 Å². The predicted molar refractivity (Wildman–Crippen MR) is 81.8 cm³/mol. The lowest BCUT2D eigenvalue weighted by molar-refractivity contribution is 0.213. The Kier molecular flexibility index (Phi) is 5.17. The molecule has 4 heteroatoms. The minimum Gasteiger partial charge on any atom is -0.496 e. The van der Waals surface area contributed by atoms with E-state index in [0.29, 0.717) is 23.7 Å². The van der Waals surface area contributed by atoms with Crippen molar-refractivity contribution in [3.63, 3.8) is 0 Å². The molecule has 0 amide bonds. The molecular weight excluding hydrogens is 266 g/mol. The van der Waals surface area contributed by atoms with Crippen molar-refractivity contribution in [1.29, 1.82) is 0 Å². The van der Waals surface area contributed by atoms with Crippen molar-refractivity contribution in [2.75, 3.05) is 13.7 Å². The Morgan fingerprint density at radius 3 is 2.76 bits per heavy atom. The number of nitrogens with zero attached hydrogens (tertiary/aromatic N) is 1. The molecule has 0 aliphatic carbocycles. The van der Waals surface area contributed by atoms with Crippen LogP contribution in [0.1, 0.15) is 36.1 Å². The van der Waals surface area contributed by atoms with Gasteiger partial charge in [-0.25, -0.2) is 0 Å². The first-order valence-corrected chi connectivity index (χ1v) is 7.06. The summed E-state index contributed by atoms with van der Waals surface area (Å²) in [6.07, 6.45) is 3.43. The standard InChI is InChI=1S/C17H21NO3/c1-4-7-21-14-9-13(10-18-11-14)17(19)15-6-5-12(2)8-16(15)20-3/h5-6,8-11,17,19H,4,7H2,1-3H3. The normalized spacial score (nSPS) is 12.0. The number of aromatic nitrogens is 1. The average Bonchev–Trinajstić information content (AvgIpc) is 2.52.